The molecule has 21 heavy (non-hydrogen) atoms. The number of rotatable bonds is 6. The molecule has 0 spiro atoms. The molecule has 0 fully saturated rings. The van der Waals surface area contributed by atoms with Gasteiger partial charge in [0.15, 0.2) is 0 Å². The highest BCUT2D eigenvalue weighted by molar-refractivity contribution is 7.89. The average Bonchev–Trinajstić information content (AvgIpc) is 2.86. The molecule has 0 bridgehead atoms. The lowest BCUT2D eigenvalue weighted by Crippen LogP contribution is -2.20. The van der Waals surface area contributed by atoms with Crippen LogP contribution in [0.4, 0.5) is 5.69 Å². The summed E-state index contributed by atoms with van der Waals surface area (Å²) in [7, 11) is -2.26. The molecule has 0 atom stereocenters. The van der Waals surface area contributed by atoms with E-state index < -0.39 is 10.0 Å². The van der Waals surface area contributed by atoms with Crippen LogP contribution in [-0.2, 0) is 16.4 Å². The summed E-state index contributed by atoms with van der Waals surface area (Å²) in [5.41, 5.74) is 8.78. The van der Waals surface area contributed by atoms with Crippen molar-refractivity contribution in [2.45, 2.75) is 18.2 Å². The molecule has 1 aromatic heterocycles. The molecule has 6 nitrogen and oxygen atoms in total. The lowest BCUT2D eigenvalue weighted by Gasteiger charge is -2.12. The van der Waals surface area contributed by atoms with Crippen molar-refractivity contribution >= 4 is 27.0 Å². The van der Waals surface area contributed by atoms with E-state index in [9.17, 15) is 8.42 Å². The molecule has 2 rings (SSSR count). The molecule has 0 unspecified atom stereocenters. The SMILES string of the molecule is CNS(=O)(=O)c1cc(N)ccc1OCCc1scnc1C. The van der Waals surface area contributed by atoms with E-state index in [1.54, 1.807) is 29.0 Å². The summed E-state index contributed by atoms with van der Waals surface area (Å²) in [6.45, 7) is 2.31. The second-order valence-electron chi connectivity index (χ2n) is 4.37. The molecule has 0 radical (unpaired) electrons. The van der Waals surface area contributed by atoms with Crippen LogP contribution in [0.2, 0.25) is 0 Å². The number of nitrogens with one attached hydrogen (secondary N) is 1. The number of benzene rings is 1. The molecule has 0 amide bonds. The molecule has 0 saturated heterocycles. The highest BCUT2D eigenvalue weighted by Gasteiger charge is 2.18. The fourth-order valence-electron chi connectivity index (χ4n) is 1.78. The Morgan fingerprint density at radius 3 is 2.81 bits per heavy atom. The van der Waals surface area contributed by atoms with Gasteiger partial charge in [0, 0.05) is 17.0 Å². The van der Waals surface area contributed by atoms with Gasteiger partial charge in [-0.15, -0.1) is 11.3 Å². The van der Waals surface area contributed by atoms with E-state index >= 15 is 0 Å². The van der Waals surface area contributed by atoms with Crippen molar-refractivity contribution in [1.29, 1.82) is 0 Å². The summed E-state index contributed by atoms with van der Waals surface area (Å²) in [6.07, 6.45) is 0.680. The van der Waals surface area contributed by atoms with E-state index in [1.165, 1.54) is 13.1 Å². The van der Waals surface area contributed by atoms with Gasteiger partial charge in [0.25, 0.3) is 0 Å². The van der Waals surface area contributed by atoms with E-state index in [-0.39, 0.29) is 4.90 Å². The van der Waals surface area contributed by atoms with Crippen LogP contribution in [0, 0.1) is 6.92 Å². The Morgan fingerprint density at radius 2 is 2.19 bits per heavy atom. The number of nitrogens with zero attached hydrogens (tertiary/aromatic N) is 1. The summed E-state index contributed by atoms with van der Waals surface area (Å²) in [5, 5.41) is 0. The Kier molecular flexibility index (Phi) is 4.81. The highest BCUT2D eigenvalue weighted by atomic mass is 32.2. The second-order valence-corrected chi connectivity index (χ2v) is 7.17. The summed E-state index contributed by atoms with van der Waals surface area (Å²) >= 11 is 1.56. The van der Waals surface area contributed by atoms with Crippen molar-refractivity contribution in [2.75, 3.05) is 19.4 Å². The van der Waals surface area contributed by atoms with E-state index in [0.717, 1.165) is 10.6 Å². The summed E-state index contributed by atoms with van der Waals surface area (Å²) < 4.78 is 31.8. The fourth-order valence-corrected chi connectivity index (χ4v) is 3.45. The number of aryl methyl sites for hydroxylation is 1. The number of anilines is 1. The van der Waals surface area contributed by atoms with Crippen LogP contribution in [0.3, 0.4) is 0 Å². The highest BCUT2D eigenvalue weighted by Crippen LogP contribution is 2.26. The van der Waals surface area contributed by atoms with Gasteiger partial charge in [-0.25, -0.2) is 18.1 Å². The predicted molar refractivity (Wildman–Crippen MR) is 83.1 cm³/mol. The van der Waals surface area contributed by atoms with Crippen LogP contribution < -0.4 is 15.2 Å². The van der Waals surface area contributed by atoms with Gasteiger partial charge in [0.1, 0.15) is 10.6 Å². The fraction of sp³-hybridized carbons (Fsp3) is 0.308. The van der Waals surface area contributed by atoms with Crippen molar-refractivity contribution in [3.05, 3.63) is 34.3 Å². The molecule has 114 valence electrons. The predicted octanol–water partition coefficient (Wildman–Crippen LogP) is 1.56. The van der Waals surface area contributed by atoms with Gasteiger partial charge in [-0.1, -0.05) is 0 Å². The molecule has 0 saturated carbocycles. The first-order valence-electron chi connectivity index (χ1n) is 6.29. The first-order chi connectivity index (χ1) is 9.94. The normalized spacial score (nSPS) is 11.5. The van der Waals surface area contributed by atoms with Gasteiger partial charge < -0.3 is 10.5 Å². The summed E-state index contributed by atoms with van der Waals surface area (Å²) in [5.74, 6) is 0.292. The van der Waals surface area contributed by atoms with Crippen LogP contribution in [0.5, 0.6) is 5.75 Å². The van der Waals surface area contributed by atoms with Crippen molar-refractivity contribution in [3.63, 3.8) is 0 Å². The van der Waals surface area contributed by atoms with Crippen LogP contribution in [-0.4, -0.2) is 27.1 Å². The lowest BCUT2D eigenvalue weighted by molar-refractivity contribution is 0.314. The number of nitrogens with two attached hydrogens (primary N) is 1. The zero-order valence-corrected chi connectivity index (χ0v) is 13.4. The number of hydrogen-bond acceptors (Lipinski definition) is 6. The van der Waals surface area contributed by atoms with Crippen LogP contribution >= 0.6 is 11.3 Å². The van der Waals surface area contributed by atoms with E-state index in [2.05, 4.69) is 9.71 Å². The number of thiazole rings is 1. The summed E-state index contributed by atoms with van der Waals surface area (Å²) in [4.78, 5) is 5.34. The van der Waals surface area contributed by atoms with E-state index in [4.69, 9.17) is 10.5 Å². The van der Waals surface area contributed by atoms with Crippen molar-refractivity contribution < 1.29 is 13.2 Å². The maximum atomic E-state index is 12.0. The Labute approximate surface area is 128 Å². The third-order valence-corrected chi connectivity index (χ3v) is 5.39. The Morgan fingerprint density at radius 1 is 1.43 bits per heavy atom. The third kappa shape index (κ3) is 3.72. The molecule has 1 heterocycles. The zero-order chi connectivity index (χ0) is 15.5. The molecule has 1 aromatic carbocycles. The molecule has 0 aliphatic carbocycles. The number of nitrogen functional groups attached to an aromatic ring is 1. The molecule has 8 heteroatoms. The van der Waals surface area contributed by atoms with Gasteiger partial charge in [0.05, 0.1) is 17.8 Å². The minimum absolute atomic E-state index is 0.0472. The molecular formula is C13H17N3O3S2. The van der Waals surface area contributed by atoms with Gasteiger partial charge in [-0.3, -0.25) is 0 Å². The molecule has 2 aromatic rings. The topological polar surface area (TPSA) is 94.3 Å². The van der Waals surface area contributed by atoms with Crippen molar-refractivity contribution in [1.82, 2.24) is 9.71 Å². The number of aromatic nitrogens is 1. The number of sulfonamides is 1. The van der Waals surface area contributed by atoms with Crippen LogP contribution in [0.25, 0.3) is 0 Å². The third-order valence-electron chi connectivity index (χ3n) is 2.96. The second kappa shape index (κ2) is 6.42. The summed E-state index contributed by atoms with van der Waals surface area (Å²) in [6, 6.07) is 4.57. The number of ether oxygens (including phenoxy) is 1. The maximum absolute atomic E-state index is 12.0. The van der Waals surface area contributed by atoms with Gasteiger partial charge >= 0.3 is 0 Å². The van der Waals surface area contributed by atoms with Crippen molar-refractivity contribution in [2.24, 2.45) is 0 Å². The molecule has 0 aliphatic heterocycles. The first-order valence-corrected chi connectivity index (χ1v) is 8.65. The van der Waals surface area contributed by atoms with Gasteiger partial charge in [-0.05, 0) is 32.2 Å². The molecular weight excluding hydrogens is 310 g/mol. The number of hydrogen-bond donors (Lipinski definition) is 2. The quantitative estimate of drug-likeness (QED) is 0.785. The van der Waals surface area contributed by atoms with E-state index in [0.29, 0.717) is 24.5 Å². The van der Waals surface area contributed by atoms with Crippen LogP contribution in [0.15, 0.2) is 28.6 Å². The molecule has 3 N–H and O–H groups in total. The first kappa shape index (κ1) is 15.7. The Bertz CT molecular complexity index is 726. The zero-order valence-electron chi connectivity index (χ0n) is 11.8. The Balaban J connectivity index is 2.15. The molecule has 0 aliphatic rings. The van der Waals surface area contributed by atoms with E-state index in [1.807, 2.05) is 6.92 Å². The van der Waals surface area contributed by atoms with Crippen molar-refractivity contribution in [3.8, 4) is 5.75 Å². The maximum Gasteiger partial charge on any atom is 0.244 e. The average molecular weight is 327 g/mol. The Hall–Kier alpha value is -1.64. The largest absolute Gasteiger partial charge is 0.492 e. The monoisotopic (exact) mass is 327 g/mol. The van der Waals surface area contributed by atoms with Crippen LogP contribution in [0.1, 0.15) is 10.6 Å². The minimum Gasteiger partial charge on any atom is -0.492 e. The minimum atomic E-state index is -3.61. The van der Waals surface area contributed by atoms with Gasteiger partial charge in [-0.2, -0.15) is 0 Å². The lowest BCUT2D eigenvalue weighted by atomic mass is 10.3. The standard InChI is InChI=1S/C13H17N3O3S2/c1-9-12(20-8-16-9)5-6-19-11-4-3-10(14)7-13(11)21(17,18)15-2/h3-4,7-8,15H,5-6,14H2,1-2H3. The van der Waals surface area contributed by atoms with Gasteiger partial charge in [0.2, 0.25) is 10.0 Å². The smallest absolute Gasteiger partial charge is 0.244 e.